The summed E-state index contributed by atoms with van der Waals surface area (Å²) in [4.78, 5) is 11.4. The van der Waals surface area contributed by atoms with Crippen LogP contribution in [0.2, 0.25) is 0 Å². The summed E-state index contributed by atoms with van der Waals surface area (Å²) in [5.41, 5.74) is -0.0191. The maximum Gasteiger partial charge on any atom is 0.345 e. The van der Waals surface area contributed by atoms with Gasteiger partial charge in [0.25, 0.3) is 0 Å². The molecule has 1 aliphatic heterocycles. The van der Waals surface area contributed by atoms with Crippen molar-refractivity contribution in [2.45, 2.75) is 38.3 Å². The second-order valence-electron chi connectivity index (χ2n) is 4.18. The maximum atomic E-state index is 11.4. The molecular formula is C10H18N4O. The lowest BCUT2D eigenvalue weighted by atomic mass is 10.1. The molecule has 5 nitrogen and oxygen atoms in total. The SMILES string of the molecule is Cn1cnn(CCCC2CCCN2)c1=O. The van der Waals surface area contributed by atoms with E-state index in [1.165, 1.54) is 22.1 Å². The molecule has 0 aromatic carbocycles. The Bertz CT molecular complexity index is 362. The molecule has 1 unspecified atom stereocenters. The van der Waals surface area contributed by atoms with Crippen LogP contribution in [0, 0.1) is 0 Å². The fraction of sp³-hybridized carbons (Fsp3) is 0.800. The second kappa shape index (κ2) is 4.61. The van der Waals surface area contributed by atoms with E-state index in [0.717, 1.165) is 25.9 Å². The molecule has 84 valence electrons. The Morgan fingerprint density at radius 1 is 1.67 bits per heavy atom. The highest BCUT2D eigenvalue weighted by molar-refractivity contribution is 4.74. The average Bonchev–Trinajstić information content (AvgIpc) is 2.83. The van der Waals surface area contributed by atoms with Gasteiger partial charge in [-0.15, -0.1) is 0 Å². The summed E-state index contributed by atoms with van der Waals surface area (Å²) in [6.07, 6.45) is 6.29. The Morgan fingerprint density at radius 2 is 2.53 bits per heavy atom. The van der Waals surface area contributed by atoms with E-state index in [4.69, 9.17) is 0 Å². The number of nitrogens with zero attached hydrogens (tertiary/aromatic N) is 3. The van der Waals surface area contributed by atoms with Gasteiger partial charge in [-0.25, -0.2) is 9.48 Å². The third-order valence-electron chi connectivity index (χ3n) is 2.97. The zero-order valence-corrected chi connectivity index (χ0v) is 9.15. The number of hydrogen-bond donors (Lipinski definition) is 1. The van der Waals surface area contributed by atoms with E-state index >= 15 is 0 Å². The molecular weight excluding hydrogens is 192 g/mol. The third kappa shape index (κ3) is 2.47. The van der Waals surface area contributed by atoms with Crippen LogP contribution in [0.4, 0.5) is 0 Å². The third-order valence-corrected chi connectivity index (χ3v) is 2.97. The minimum atomic E-state index is -0.0191. The summed E-state index contributed by atoms with van der Waals surface area (Å²) in [7, 11) is 1.73. The first-order valence-electron chi connectivity index (χ1n) is 5.59. The van der Waals surface area contributed by atoms with Crippen LogP contribution in [-0.4, -0.2) is 26.9 Å². The zero-order valence-electron chi connectivity index (χ0n) is 9.15. The van der Waals surface area contributed by atoms with E-state index in [2.05, 4.69) is 10.4 Å². The molecule has 1 N–H and O–H groups in total. The number of hydrogen-bond acceptors (Lipinski definition) is 3. The highest BCUT2D eigenvalue weighted by atomic mass is 16.2. The molecule has 15 heavy (non-hydrogen) atoms. The molecule has 5 heteroatoms. The predicted octanol–water partition coefficient (Wildman–Crippen LogP) is 0.114. The summed E-state index contributed by atoms with van der Waals surface area (Å²) >= 11 is 0. The second-order valence-corrected chi connectivity index (χ2v) is 4.18. The lowest BCUT2D eigenvalue weighted by Gasteiger charge is -2.08. The van der Waals surface area contributed by atoms with Crippen LogP contribution in [0.5, 0.6) is 0 Å². The van der Waals surface area contributed by atoms with Gasteiger partial charge in [0.1, 0.15) is 6.33 Å². The molecule has 2 heterocycles. The van der Waals surface area contributed by atoms with Gasteiger partial charge in [0, 0.05) is 19.6 Å². The molecule has 1 aromatic rings. The average molecular weight is 210 g/mol. The molecule has 0 bridgehead atoms. The van der Waals surface area contributed by atoms with E-state index in [9.17, 15) is 4.79 Å². The van der Waals surface area contributed by atoms with Crippen LogP contribution in [0.3, 0.4) is 0 Å². The van der Waals surface area contributed by atoms with Gasteiger partial charge in [-0.3, -0.25) is 4.57 Å². The zero-order chi connectivity index (χ0) is 10.7. The van der Waals surface area contributed by atoms with Gasteiger partial charge >= 0.3 is 5.69 Å². The molecule has 1 atom stereocenters. The van der Waals surface area contributed by atoms with Crippen molar-refractivity contribution in [1.82, 2.24) is 19.7 Å². The van der Waals surface area contributed by atoms with Crippen molar-refractivity contribution in [3.63, 3.8) is 0 Å². The van der Waals surface area contributed by atoms with Crippen LogP contribution >= 0.6 is 0 Å². The Morgan fingerprint density at radius 3 is 3.13 bits per heavy atom. The Labute approximate surface area is 89.1 Å². The molecule has 1 aromatic heterocycles. The van der Waals surface area contributed by atoms with Crippen LogP contribution in [0.1, 0.15) is 25.7 Å². The summed E-state index contributed by atoms with van der Waals surface area (Å²) in [6.45, 7) is 1.88. The van der Waals surface area contributed by atoms with Gasteiger partial charge in [-0.05, 0) is 32.2 Å². The monoisotopic (exact) mass is 210 g/mol. The quantitative estimate of drug-likeness (QED) is 0.767. The van der Waals surface area contributed by atoms with E-state index < -0.39 is 0 Å². The highest BCUT2D eigenvalue weighted by Gasteiger charge is 2.13. The number of aryl methyl sites for hydroxylation is 2. The number of rotatable bonds is 4. The Hall–Kier alpha value is -1.10. The fourth-order valence-electron chi connectivity index (χ4n) is 2.06. The number of aromatic nitrogens is 3. The largest absolute Gasteiger partial charge is 0.345 e. The molecule has 0 aliphatic carbocycles. The smallest absolute Gasteiger partial charge is 0.314 e. The summed E-state index contributed by atoms with van der Waals surface area (Å²) in [5, 5.41) is 7.48. The van der Waals surface area contributed by atoms with E-state index in [0.29, 0.717) is 6.04 Å². The van der Waals surface area contributed by atoms with Gasteiger partial charge in [-0.1, -0.05) is 0 Å². The molecule has 0 amide bonds. The standard InChI is InChI=1S/C10H18N4O/c1-13-8-12-14(10(13)15)7-3-5-9-4-2-6-11-9/h8-9,11H,2-7H2,1H3. The molecule has 0 saturated carbocycles. The van der Waals surface area contributed by atoms with Gasteiger partial charge in [0.15, 0.2) is 0 Å². The minimum Gasteiger partial charge on any atom is -0.314 e. The molecule has 1 aliphatic rings. The van der Waals surface area contributed by atoms with Crippen molar-refractivity contribution in [2.75, 3.05) is 6.54 Å². The Balaban J connectivity index is 1.78. The normalized spacial score (nSPS) is 21.0. The molecule has 0 radical (unpaired) electrons. The van der Waals surface area contributed by atoms with Crippen LogP contribution in [0.15, 0.2) is 11.1 Å². The summed E-state index contributed by atoms with van der Waals surface area (Å²) < 4.78 is 3.04. The predicted molar refractivity (Wildman–Crippen MR) is 57.7 cm³/mol. The van der Waals surface area contributed by atoms with Crippen LogP contribution in [-0.2, 0) is 13.6 Å². The first kappa shape index (κ1) is 10.4. The lowest BCUT2D eigenvalue weighted by Crippen LogP contribution is -2.25. The maximum absolute atomic E-state index is 11.4. The Kier molecular flexibility index (Phi) is 3.20. The van der Waals surface area contributed by atoms with Crippen molar-refractivity contribution < 1.29 is 0 Å². The summed E-state index contributed by atoms with van der Waals surface area (Å²) in [5.74, 6) is 0. The van der Waals surface area contributed by atoms with Crippen molar-refractivity contribution in [3.8, 4) is 0 Å². The van der Waals surface area contributed by atoms with Crippen molar-refractivity contribution >= 4 is 0 Å². The van der Waals surface area contributed by atoms with Gasteiger partial charge in [0.2, 0.25) is 0 Å². The summed E-state index contributed by atoms with van der Waals surface area (Å²) in [6, 6.07) is 0.657. The first-order valence-corrected chi connectivity index (χ1v) is 5.59. The molecule has 0 spiro atoms. The fourth-order valence-corrected chi connectivity index (χ4v) is 2.06. The van der Waals surface area contributed by atoms with E-state index in [1.807, 2.05) is 0 Å². The van der Waals surface area contributed by atoms with Crippen molar-refractivity contribution in [1.29, 1.82) is 0 Å². The van der Waals surface area contributed by atoms with Crippen molar-refractivity contribution in [3.05, 3.63) is 16.8 Å². The van der Waals surface area contributed by atoms with Gasteiger partial charge in [0.05, 0.1) is 0 Å². The number of nitrogens with one attached hydrogen (secondary N) is 1. The lowest BCUT2D eigenvalue weighted by molar-refractivity contribution is 0.475. The van der Waals surface area contributed by atoms with Gasteiger partial charge < -0.3 is 5.32 Å². The molecule has 2 rings (SSSR count). The van der Waals surface area contributed by atoms with Crippen LogP contribution < -0.4 is 11.0 Å². The first-order chi connectivity index (χ1) is 7.27. The van der Waals surface area contributed by atoms with Gasteiger partial charge in [-0.2, -0.15) is 5.10 Å². The minimum absolute atomic E-state index is 0.0191. The van der Waals surface area contributed by atoms with Crippen LogP contribution in [0.25, 0.3) is 0 Å². The molecule has 1 fully saturated rings. The molecule has 1 saturated heterocycles. The van der Waals surface area contributed by atoms with E-state index in [-0.39, 0.29) is 5.69 Å². The van der Waals surface area contributed by atoms with Crippen molar-refractivity contribution in [2.24, 2.45) is 7.05 Å². The van der Waals surface area contributed by atoms with E-state index in [1.54, 1.807) is 13.4 Å². The topological polar surface area (TPSA) is 51.9 Å². The highest BCUT2D eigenvalue weighted by Crippen LogP contribution is 2.10.